The van der Waals surface area contributed by atoms with Crippen LogP contribution in [0.3, 0.4) is 0 Å². The lowest BCUT2D eigenvalue weighted by atomic mass is 10.2. The van der Waals surface area contributed by atoms with E-state index in [-0.39, 0.29) is 10.5 Å². The van der Waals surface area contributed by atoms with Crippen LogP contribution in [-0.2, 0) is 0 Å². The number of nitrogens with one attached hydrogen (secondary N) is 1. The van der Waals surface area contributed by atoms with E-state index in [0.717, 1.165) is 0 Å². The van der Waals surface area contributed by atoms with Crippen molar-refractivity contribution in [2.24, 2.45) is 5.10 Å². The number of hydrogen-bond donors (Lipinski definition) is 1. The molecule has 1 N–H and O–H groups in total. The van der Waals surface area contributed by atoms with Crippen molar-refractivity contribution in [1.82, 2.24) is 14.9 Å². The first kappa shape index (κ1) is 15.9. The molecule has 2 aromatic rings. The highest BCUT2D eigenvalue weighted by Gasteiger charge is 2.24. The van der Waals surface area contributed by atoms with E-state index in [1.807, 2.05) is 0 Å². The van der Waals surface area contributed by atoms with Gasteiger partial charge in [0.05, 0.1) is 11.8 Å². The number of aryl methyl sites for hydroxylation is 1. The van der Waals surface area contributed by atoms with Crippen LogP contribution in [0.5, 0.6) is 0 Å². The molecule has 22 heavy (non-hydrogen) atoms. The number of hydrogen-bond acceptors (Lipinski definition) is 4. The second kappa shape index (κ2) is 5.75. The molecule has 0 saturated heterocycles. The monoisotopic (exact) mass is 336 g/mol. The summed E-state index contributed by atoms with van der Waals surface area (Å²) in [5.74, 6) is -10.7. The molecule has 0 unspecified atom stereocenters. The minimum Gasteiger partial charge on any atom is -0.265 e. The largest absolute Gasteiger partial charge is 0.296 e. The Kier molecular flexibility index (Phi) is 4.17. The van der Waals surface area contributed by atoms with Crippen LogP contribution in [0.25, 0.3) is 0 Å². The summed E-state index contributed by atoms with van der Waals surface area (Å²) in [6.07, 6.45) is 0.306. The van der Waals surface area contributed by atoms with Crippen LogP contribution < -0.4 is 5.56 Å². The van der Waals surface area contributed by atoms with E-state index in [9.17, 15) is 26.7 Å². The molecule has 11 heteroatoms. The van der Waals surface area contributed by atoms with Crippen LogP contribution in [0, 0.1) is 40.8 Å². The van der Waals surface area contributed by atoms with Crippen molar-refractivity contribution in [1.29, 1.82) is 0 Å². The third-order valence-electron chi connectivity index (χ3n) is 2.56. The average molecular weight is 336 g/mol. The van der Waals surface area contributed by atoms with Gasteiger partial charge in [-0.25, -0.2) is 22.0 Å². The number of H-pyrrole nitrogens is 1. The fourth-order valence-corrected chi connectivity index (χ4v) is 1.60. The maximum Gasteiger partial charge on any atom is 0.296 e. The van der Waals surface area contributed by atoms with Gasteiger partial charge in [-0.1, -0.05) is 0 Å². The van der Waals surface area contributed by atoms with Crippen LogP contribution in [0.4, 0.5) is 22.0 Å². The molecule has 0 spiro atoms. The van der Waals surface area contributed by atoms with Gasteiger partial charge in [0.25, 0.3) is 5.56 Å². The zero-order chi connectivity index (χ0) is 16.6. The molecule has 5 nitrogen and oxygen atoms in total. The Morgan fingerprint density at radius 1 is 1.09 bits per heavy atom. The normalized spacial score (nSPS) is 11.4. The predicted molar refractivity (Wildman–Crippen MR) is 67.6 cm³/mol. The van der Waals surface area contributed by atoms with Gasteiger partial charge in [0, 0.05) is 0 Å². The first-order chi connectivity index (χ1) is 10.3. The number of benzene rings is 1. The van der Waals surface area contributed by atoms with Gasteiger partial charge >= 0.3 is 0 Å². The Balaban J connectivity index is 2.65. The SMILES string of the molecule is Cc1n[nH]c(=S)n(/N=C/c2c(F)c(F)c(F)c(F)c2F)c1=O. The lowest BCUT2D eigenvalue weighted by molar-refractivity contribution is 0.377. The topological polar surface area (TPSA) is 63.0 Å². The molecular formula is C11H5F5N4OS. The van der Waals surface area contributed by atoms with Gasteiger partial charge in [0.1, 0.15) is 5.69 Å². The van der Waals surface area contributed by atoms with Crippen LogP contribution in [0.2, 0.25) is 0 Å². The van der Waals surface area contributed by atoms with Crippen molar-refractivity contribution in [2.75, 3.05) is 0 Å². The molecule has 0 amide bonds. The number of aromatic amines is 1. The molecule has 0 radical (unpaired) electrons. The van der Waals surface area contributed by atoms with Crippen LogP contribution in [0.1, 0.15) is 11.3 Å². The summed E-state index contributed by atoms with van der Waals surface area (Å²) in [7, 11) is 0. The highest BCUT2D eigenvalue weighted by Crippen LogP contribution is 2.21. The molecule has 116 valence electrons. The number of halogens is 5. The molecule has 0 atom stereocenters. The Hall–Kier alpha value is -2.43. The lowest BCUT2D eigenvalue weighted by Gasteiger charge is -2.04. The van der Waals surface area contributed by atoms with Crippen molar-refractivity contribution in [2.45, 2.75) is 6.92 Å². The van der Waals surface area contributed by atoms with Gasteiger partial charge in [-0.2, -0.15) is 14.9 Å². The van der Waals surface area contributed by atoms with Gasteiger partial charge in [-0.05, 0) is 19.1 Å². The van der Waals surface area contributed by atoms with Gasteiger partial charge in [-0.3, -0.25) is 9.89 Å². The number of nitrogens with zero attached hydrogens (tertiary/aromatic N) is 3. The zero-order valence-electron chi connectivity index (χ0n) is 10.6. The molecule has 0 saturated carbocycles. The summed E-state index contributed by atoms with van der Waals surface area (Å²) in [5, 5.41) is 9.08. The van der Waals surface area contributed by atoms with E-state index < -0.39 is 40.2 Å². The average Bonchev–Trinajstić information content (AvgIpc) is 2.50. The zero-order valence-corrected chi connectivity index (χ0v) is 11.4. The Labute approximate surface area is 123 Å². The van der Waals surface area contributed by atoms with Gasteiger partial charge in [0.2, 0.25) is 10.6 Å². The standard InChI is InChI=1S/C11H5F5N4OS/c1-3-10(21)20(11(22)19-18-3)17-2-4-5(12)7(14)9(16)8(15)6(4)13/h2H,1H3,(H,19,22)/b17-2+. The molecule has 2 rings (SSSR count). The Morgan fingerprint density at radius 3 is 2.14 bits per heavy atom. The van der Waals surface area contributed by atoms with Gasteiger partial charge in [-0.15, -0.1) is 0 Å². The first-order valence-corrected chi connectivity index (χ1v) is 5.90. The number of rotatable bonds is 2. The van der Waals surface area contributed by atoms with Crippen LogP contribution >= 0.6 is 12.2 Å². The molecule has 1 heterocycles. The second-order valence-corrected chi connectivity index (χ2v) is 4.35. The molecule has 0 aliphatic rings. The van der Waals surface area contributed by atoms with Crippen LogP contribution in [-0.4, -0.2) is 21.1 Å². The van der Waals surface area contributed by atoms with Gasteiger partial charge in [0.15, 0.2) is 23.3 Å². The van der Waals surface area contributed by atoms with Crippen LogP contribution in [0.15, 0.2) is 9.90 Å². The quantitative estimate of drug-likeness (QED) is 0.301. The molecular weight excluding hydrogens is 331 g/mol. The Morgan fingerprint density at radius 2 is 1.59 bits per heavy atom. The molecule has 1 aromatic heterocycles. The van der Waals surface area contributed by atoms with Crippen molar-refractivity contribution in [3.05, 3.63) is 55.5 Å². The van der Waals surface area contributed by atoms with Crippen molar-refractivity contribution in [3.63, 3.8) is 0 Å². The summed E-state index contributed by atoms with van der Waals surface area (Å²) < 4.78 is 66.0. The summed E-state index contributed by atoms with van der Waals surface area (Å²) in [6, 6.07) is 0. The lowest BCUT2D eigenvalue weighted by Crippen LogP contribution is -2.22. The van der Waals surface area contributed by atoms with Crippen molar-refractivity contribution >= 4 is 18.4 Å². The van der Waals surface area contributed by atoms with E-state index in [2.05, 4.69) is 27.5 Å². The third-order valence-corrected chi connectivity index (χ3v) is 2.82. The summed E-state index contributed by atoms with van der Waals surface area (Å²) >= 11 is 4.69. The fourth-order valence-electron chi connectivity index (χ4n) is 1.43. The molecule has 0 aliphatic heterocycles. The van der Waals surface area contributed by atoms with E-state index in [1.165, 1.54) is 6.92 Å². The first-order valence-electron chi connectivity index (χ1n) is 5.49. The third kappa shape index (κ3) is 2.54. The highest BCUT2D eigenvalue weighted by molar-refractivity contribution is 7.71. The highest BCUT2D eigenvalue weighted by atomic mass is 32.1. The van der Waals surface area contributed by atoms with Crippen molar-refractivity contribution in [3.8, 4) is 0 Å². The summed E-state index contributed by atoms with van der Waals surface area (Å²) in [4.78, 5) is 11.7. The maximum atomic E-state index is 13.4. The van der Waals surface area contributed by atoms with E-state index >= 15 is 0 Å². The number of aromatic nitrogens is 3. The maximum absolute atomic E-state index is 13.4. The second-order valence-electron chi connectivity index (χ2n) is 3.96. The van der Waals surface area contributed by atoms with E-state index in [1.54, 1.807) is 0 Å². The minimum atomic E-state index is -2.29. The summed E-state index contributed by atoms with van der Waals surface area (Å²) in [6.45, 7) is 1.30. The smallest absolute Gasteiger partial charge is 0.265 e. The molecule has 0 fully saturated rings. The van der Waals surface area contributed by atoms with E-state index in [4.69, 9.17) is 0 Å². The summed E-state index contributed by atoms with van der Waals surface area (Å²) in [5.41, 5.74) is -2.18. The fraction of sp³-hybridized carbons (Fsp3) is 0.0909. The Bertz CT molecular complexity index is 876. The van der Waals surface area contributed by atoms with Crippen molar-refractivity contribution < 1.29 is 22.0 Å². The molecule has 0 bridgehead atoms. The van der Waals surface area contributed by atoms with E-state index in [0.29, 0.717) is 10.9 Å². The van der Waals surface area contributed by atoms with Gasteiger partial charge < -0.3 is 0 Å². The molecule has 1 aromatic carbocycles. The minimum absolute atomic E-state index is 0.0665. The molecule has 0 aliphatic carbocycles. The predicted octanol–water partition coefficient (Wildman–Crippen LogP) is 2.19.